The number of nitrogens with zero attached hydrogens (tertiary/aromatic N) is 5. The highest BCUT2D eigenvalue weighted by Crippen LogP contribution is 2.37. The molecule has 42 heavy (non-hydrogen) atoms. The fourth-order valence-electron chi connectivity index (χ4n) is 5.79. The second-order valence-electron chi connectivity index (χ2n) is 12.4. The summed E-state index contributed by atoms with van der Waals surface area (Å²) in [6, 6.07) is 8.88. The molecule has 6 rings (SSSR count). The van der Waals surface area contributed by atoms with Crippen LogP contribution in [0.2, 0.25) is 0 Å². The van der Waals surface area contributed by atoms with Gasteiger partial charge in [0.15, 0.2) is 5.88 Å². The smallest absolute Gasteiger partial charge is 0.407 e. The van der Waals surface area contributed by atoms with Crippen LogP contribution in [0.25, 0.3) is 28.1 Å². The number of fused-ring (bicyclic) bond motifs is 2. The number of piperidine rings is 1. The lowest BCUT2D eigenvalue weighted by atomic mass is 10.0. The molecular weight excluding hydrogens is 536 g/mol. The first-order valence-electron chi connectivity index (χ1n) is 14.6. The zero-order valence-electron chi connectivity index (χ0n) is 24.8. The number of alkyl carbamates (subject to hydrolysis) is 1. The number of amides is 2. The molecule has 2 amide bonds. The SMILES string of the molecule is COc1cc(C(=O)N2CCC[C@@H](NC(=O)OC(C)(C)C)C2)cc2nc(-c3cc4ccc(O)nc4n3CC3CC3)c(C)n12. The maximum Gasteiger partial charge on any atom is 0.407 e. The van der Waals surface area contributed by atoms with Gasteiger partial charge in [0, 0.05) is 48.8 Å². The van der Waals surface area contributed by atoms with Crippen LogP contribution in [0.4, 0.5) is 4.79 Å². The number of aromatic hydroxyl groups is 1. The van der Waals surface area contributed by atoms with Crippen LogP contribution in [0.15, 0.2) is 30.3 Å². The highest BCUT2D eigenvalue weighted by molar-refractivity contribution is 5.96. The first kappa shape index (κ1) is 27.9. The van der Waals surface area contributed by atoms with E-state index < -0.39 is 11.7 Å². The molecule has 1 saturated carbocycles. The summed E-state index contributed by atoms with van der Waals surface area (Å²) in [5.41, 5.74) is 3.78. The number of methoxy groups -OCH3 is 1. The highest BCUT2D eigenvalue weighted by atomic mass is 16.6. The number of carbonyl (C=O) groups is 2. The van der Waals surface area contributed by atoms with Gasteiger partial charge in [0.25, 0.3) is 5.91 Å². The largest absolute Gasteiger partial charge is 0.493 e. The van der Waals surface area contributed by atoms with Gasteiger partial charge < -0.3 is 29.4 Å². The van der Waals surface area contributed by atoms with Crippen molar-refractivity contribution in [2.75, 3.05) is 20.2 Å². The molecule has 5 heterocycles. The molecule has 11 nitrogen and oxygen atoms in total. The molecule has 1 atom stereocenters. The minimum atomic E-state index is -0.591. The lowest BCUT2D eigenvalue weighted by molar-refractivity contribution is 0.0452. The van der Waals surface area contributed by atoms with Crippen molar-refractivity contribution in [1.29, 1.82) is 0 Å². The molecule has 0 aromatic carbocycles. The number of nitrogens with one attached hydrogen (secondary N) is 1. The first-order valence-corrected chi connectivity index (χ1v) is 14.6. The summed E-state index contributed by atoms with van der Waals surface area (Å²) in [4.78, 5) is 37.2. The van der Waals surface area contributed by atoms with Gasteiger partial charge in [-0.15, -0.1) is 0 Å². The minimum Gasteiger partial charge on any atom is -0.493 e. The summed E-state index contributed by atoms with van der Waals surface area (Å²) in [5, 5.41) is 13.9. The Morgan fingerprint density at radius 1 is 1.12 bits per heavy atom. The Labute approximate surface area is 244 Å². The lowest BCUT2D eigenvalue weighted by Gasteiger charge is -2.33. The van der Waals surface area contributed by atoms with Crippen molar-refractivity contribution >= 4 is 28.7 Å². The summed E-state index contributed by atoms with van der Waals surface area (Å²) in [6.07, 6.45) is 3.41. The van der Waals surface area contributed by atoms with E-state index in [0.717, 1.165) is 47.5 Å². The normalized spacial score (nSPS) is 17.5. The molecule has 4 aromatic heterocycles. The van der Waals surface area contributed by atoms with E-state index in [-0.39, 0.29) is 17.8 Å². The molecule has 2 aliphatic rings. The zero-order chi connectivity index (χ0) is 29.8. The molecular formula is C31H38N6O5. The maximum atomic E-state index is 13.7. The van der Waals surface area contributed by atoms with E-state index in [9.17, 15) is 14.7 Å². The third kappa shape index (κ3) is 5.47. The lowest BCUT2D eigenvalue weighted by Crippen LogP contribution is -2.50. The number of ether oxygens (including phenoxy) is 2. The van der Waals surface area contributed by atoms with E-state index in [1.807, 2.05) is 38.2 Å². The predicted octanol–water partition coefficient (Wildman–Crippen LogP) is 4.91. The minimum absolute atomic E-state index is 0.0120. The third-order valence-corrected chi connectivity index (χ3v) is 7.91. The molecule has 11 heteroatoms. The number of aromatic nitrogens is 4. The van der Waals surface area contributed by atoms with Crippen LogP contribution < -0.4 is 10.1 Å². The Morgan fingerprint density at radius 3 is 2.62 bits per heavy atom. The summed E-state index contributed by atoms with van der Waals surface area (Å²) >= 11 is 0. The van der Waals surface area contributed by atoms with Crippen molar-refractivity contribution in [2.45, 2.75) is 71.6 Å². The van der Waals surface area contributed by atoms with Crippen LogP contribution in [-0.2, 0) is 11.3 Å². The molecule has 2 fully saturated rings. The molecule has 0 unspecified atom stereocenters. The molecule has 0 bridgehead atoms. The molecule has 4 aromatic rings. The van der Waals surface area contributed by atoms with E-state index in [2.05, 4.69) is 20.9 Å². The maximum absolute atomic E-state index is 13.7. The number of imidazole rings is 1. The van der Waals surface area contributed by atoms with Gasteiger partial charge in [-0.05, 0) is 77.5 Å². The van der Waals surface area contributed by atoms with Crippen molar-refractivity contribution in [3.8, 4) is 23.1 Å². The van der Waals surface area contributed by atoms with E-state index in [4.69, 9.17) is 14.5 Å². The van der Waals surface area contributed by atoms with Gasteiger partial charge >= 0.3 is 6.09 Å². The van der Waals surface area contributed by atoms with Crippen LogP contribution in [0.5, 0.6) is 11.8 Å². The number of pyridine rings is 2. The van der Waals surface area contributed by atoms with E-state index in [1.54, 1.807) is 30.2 Å². The van der Waals surface area contributed by atoms with E-state index >= 15 is 0 Å². The summed E-state index contributed by atoms with van der Waals surface area (Å²) in [5.74, 6) is 0.934. The average Bonchev–Trinajstić information content (AvgIpc) is 3.61. The number of hydrogen-bond acceptors (Lipinski definition) is 7. The van der Waals surface area contributed by atoms with E-state index in [0.29, 0.717) is 36.1 Å². The van der Waals surface area contributed by atoms with Crippen molar-refractivity contribution in [3.05, 3.63) is 41.6 Å². The van der Waals surface area contributed by atoms with Crippen LogP contribution in [0.1, 0.15) is 62.5 Å². The van der Waals surface area contributed by atoms with Crippen molar-refractivity contribution in [2.24, 2.45) is 5.92 Å². The van der Waals surface area contributed by atoms with Gasteiger partial charge in [0.05, 0.1) is 18.5 Å². The third-order valence-electron chi connectivity index (χ3n) is 7.91. The van der Waals surface area contributed by atoms with Crippen LogP contribution in [0, 0.1) is 12.8 Å². The van der Waals surface area contributed by atoms with Gasteiger partial charge in [0.1, 0.15) is 22.6 Å². The highest BCUT2D eigenvalue weighted by Gasteiger charge is 2.30. The molecule has 222 valence electrons. The van der Waals surface area contributed by atoms with Gasteiger partial charge in [-0.2, -0.15) is 4.98 Å². The summed E-state index contributed by atoms with van der Waals surface area (Å²) in [7, 11) is 1.58. The standard InChI is InChI=1S/C31H38N6O5/c1-18-27(23-13-20-10-11-25(38)34-28(20)36(23)16-19-8-9-19)33-24-14-21(15-26(41-5)37(18)24)29(39)35-12-6-7-22(17-35)32-30(40)42-31(2,3)4/h10-11,13-15,19,22H,6-9,12,16-17H2,1-5H3,(H,32,40)(H,34,38)/t22-/m1/s1. The van der Waals surface area contributed by atoms with Gasteiger partial charge in [0.2, 0.25) is 5.88 Å². The number of hydrogen-bond donors (Lipinski definition) is 2. The zero-order valence-corrected chi connectivity index (χ0v) is 24.8. The fourth-order valence-corrected chi connectivity index (χ4v) is 5.79. The first-order chi connectivity index (χ1) is 20.0. The number of rotatable bonds is 6. The molecule has 1 saturated heterocycles. The van der Waals surface area contributed by atoms with Gasteiger partial charge in [-0.25, -0.2) is 9.78 Å². The Balaban J connectivity index is 1.32. The summed E-state index contributed by atoms with van der Waals surface area (Å²) in [6.45, 7) is 9.25. The monoisotopic (exact) mass is 574 g/mol. The average molecular weight is 575 g/mol. The predicted molar refractivity (Wildman–Crippen MR) is 158 cm³/mol. The van der Waals surface area contributed by atoms with Crippen molar-refractivity contribution < 1.29 is 24.2 Å². The molecule has 1 aliphatic heterocycles. The number of likely N-dealkylation sites (tertiary alicyclic amines) is 1. The van der Waals surface area contributed by atoms with E-state index in [1.165, 1.54) is 12.8 Å². The molecule has 1 aliphatic carbocycles. The fraction of sp³-hybridized carbons (Fsp3) is 0.484. The quantitative estimate of drug-likeness (QED) is 0.335. The second kappa shape index (κ2) is 10.5. The number of aryl methyl sites for hydroxylation is 1. The summed E-state index contributed by atoms with van der Waals surface area (Å²) < 4.78 is 15.2. The Kier molecular flexibility index (Phi) is 6.98. The molecule has 2 N–H and O–H groups in total. The Hall–Kier alpha value is -4.28. The van der Waals surface area contributed by atoms with Gasteiger partial charge in [-0.3, -0.25) is 9.20 Å². The topological polar surface area (TPSA) is 123 Å². The van der Waals surface area contributed by atoms with Crippen LogP contribution in [-0.4, -0.2) is 72.8 Å². The molecule has 0 spiro atoms. The second-order valence-corrected chi connectivity index (χ2v) is 12.4. The number of carbonyl (C=O) groups excluding carboxylic acids is 2. The Bertz CT molecular complexity index is 1680. The Morgan fingerprint density at radius 2 is 1.90 bits per heavy atom. The molecule has 0 radical (unpaired) electrons. The van der Waals surface area contributed by atoms with Crippen LogP contribution in [0.3, 0.4) is 0 Å². The van der Waals surface area contributed by atoms with Crippen molar-refractivity contribution in [1.82, 2.24) is 29.2 Å². The van der Waals surface area contributed by atoms with Gasteiger partial charge in [-0.1, -0.05) is 0 Å². The van der Waals surface area contributed by atoms with Crippen LogP contribution >= 0.6 is 0 Å². The van der Waals surface area contributed by atoms with Crippen molar-refractivity contribution in [3.63, 3.8) is 0 Å².